The second-order valence-electron chi connectivity index (χ2n) is 7.07. The molecule has 1 saturated heterocycles. The zero-order valence-corrected chi connectivity index (χ0v) is 16.9. The molecular weight excluding hydrogens is 390 g/mol. The van der Waals surface area contributed by atoms with Gasteiger partial charge in [0.15, 0.2) is 0 Å². The quantitative estimate of drug-likeness (QED) is 0.506. The van der Waals surface area contributed by atoms with Crippen molar-refractivity contribution in [2.45, 2.75) is 32.1 Å². The van der Waals surface area contributed by atoms with E-state index >= 15 is 0 Å². The lowest BCUT2D eigenvalue weighted by Gasteiger charge is -2.16. The lowest BCUT2D eigenvalue weighted by molar-refractivity contribution is -0.117. The molecule has 7 heteroatoms. The van der Waals surface area contributed by atoms with E-state index < -0.39 is 0 Å². The lowest BCUT2D eigenvalue weighted by Crippen LogP contribution is -2.24. The second kappa shape index (κ2) is 8.66. The molecule has 0 bridgehead atoms. The van der Waals surface area contributed by atoms with Crippen LogP contribution in [0.1, 0.15) is 38.0 Å². The van der Waals surface area contributed by atoms with Crippen molar-refractivity contribution >= 4 is 23.2 Å². The highest BCUT2D eigenvalue weighted by Gasteiger charge is 2.35. The highest BCUT2D eigenvalue weighted by Crippen LogP contribution is 2.33. The van der Waals surface area contributed by atoms with Crippen molar-refractivity contribution in [2.75, 3.05) is 18.1 Å². The molecule has 1 aliphatic rings. The van der Waals surface area contributed by atoms with Gasteiger partial charge in [-0.05, 0) is 48.9 Å². The van der Waals surface area contributed by atoms with E-state index in [4.69, 9.17) is 20.9 Å². The maximum Gasteiger partial charge on any atom is 0.232 e. The third-order valence-corrected chi connectivity index (χ3v) is 5.15. The van der Waals surface area contributed by atoms with E-state index in [1.165, 1.54) is 0 Å². The van der Waals surface area contributed by atoms with Gasteiger partial charge >= 0.3 is 0 Å². The van der Waals surface area contributed by atoms with Gasteiger partial charge in [-0.1, -0.05) is 36.2 Å². The van der Waals surface area contributed by atoms with Crippen molar-refractivity contribution in [3.8, 4) is 17.1 Å². The van der Waals surface area contributed by atoms with Crippen LogP contribution < -0.4 is 9.64 Å². The Labute approximate surface area is 174 Å². The van der Waals surface area contributed by atoms with E-state index in [1.807, 2.05) is 36.4 Å². The van der Waals surface area contributed by atoms with Crippen LogP contribution in [0, 0.1) is 0 Å². The molecule has 1 fully saturated rings. The average molecular weight is 412 g/mol. The maximum atomic E-state index is 12.5. The maximum absolute atomic E-state index is 12.5. The fraction of sp³-hybridized carbons (Fsp3) is 0.318. The molecule has 2 aromatic carbocycles. The number of anilines is 1. The third-order valence-electron chi connectivity index (χ3n) is 4.92. The van der Waals surface area contributed by atoms with Gasteiger partial charge in [0.05, 0.1) is 12.5 Å². The first-order valence-electron chi connectivity index (χ1n) is 9.77. The summed E-state index contributed by atoms with van der Waals surface area (Å²) in [6.07, 6.45) is 2.46. The van der Waals surface area contributed by atoms with Crippen molar-refractivity contribution < 1.29 is 14.1 Å². The molecule has 0 aliphatic carbocycles. The number of carbonyl (C=O) groups is 1. The highest BCUT2D eigenvalue weighted by atomic mass is 35.5. The summed E-state index contributed by atoms with van der Waals surface area (Å²) in [6.45, 7) is 3.33. The van der Waals surface area contributed by atoms with Crippen molar-refractivity contribution in [2.24, 2.45) is 0 Å². The average Bonchev–Trinajstić information content (AvgIpc) is 3.36. The van der Waals surface area contributed by atoms with Gasteiger partial charge in [-0.2, -0.15) is 4.98 Å². The number of rotatable bonds is 7. The number of nitrogens with zero attached hydrogens (tertiary/aromatic N) is 3. The zero-order valence-electron chi connectivity index (χ0n) is 16.2. The summed E-state index contributed by atoms with van der Waals surface area (Å²) >= 11 is 6.05. The molecule has 1 atom stereocenters. The van der Waals surface area contributed by atoms with E-state index in [1.54, 1.807) is 17.0 Å². The first-order chi connectivity index (χ1) is 14.1. The minimum atomic E-state index is -0.139. The minimum Gasteiger partial charge on any atom is -0.494 e. The first kappa shape index (κ1) is 19.5. The molecule has 0 radical (unpaired) electrons. The Hall–Kier alpha value is -2.86. The number of aromatic nitrogens is 2. The van der Waals surface area contributed by atoms with Crippen LogP contribution in [0.5, 0.6) is 5.75 Å². The van der Waals surface area contributed by atoms with Gasteiger partial charge in [-0.15, -0.1) is 0 Å². The molecule has 6 nitrogen and oxygen atoms in total. The monoisotopic (exact) mass is 411 g/mol. The summed E-state index contributed by atoms with van der Waals surface area (Å²) in [6, 6.07) is 14.9. The van der Waals surface area contributed by atoms with E-state index in [9.17, 15) is 4.79 Å². The number of unbranched alkanes of at least 4 members (excludes halogenated alkanes) is 1. The Morgan fingerprint density at radius 3 is 2.83 bits per heavy atom. The van der Waals surface area contributed by atoms with Crippen LogP contribution in [-0.4, -0.2) is 29.2 Å². The predicted octanol–water partition coefficient (Wildman–Crippen LogP) is 5.09. The molecule has 29 heavy (non-hydrogen) atoms. The summed E-state index contributed by atoms with van der Waals surface area (Å²) in [5, 5.41) is 4.69. The fourth-order valence-corrected chi connectivity index (χ4v) is 3.50. The van der Waals surface area contributed by atoms with Crippen molar-refractivity contribution in [3.63, 3.8) is 0 Å². The van der Waals surface area contributed by atoms with Crippen LogP contribution in [0.4, 0.5) is 5.69 Å². The van der Waals surface area contributed by atoms with E-state index in [0.29, 0.717) is 36.3 Å². The Bertz CT molecular complexity index is 987. The fourth-order valence-electron chi connectivity index (χ4n) is 3.32. The number of ether oxygens (including phenoxy) is 1. The van der Waals surface area contributed by atoms with Gasteiger partial charge in [0, 0.05) is 29.2 Å². The van der Waals surface area contributed by atoms with Gasteiger partial charge in [0.25, 0.3) is 0 Å². The predicted molar refractivity (Wildman–Crippen MR) is 111 cm³/mol. The Morgan fingerprint density at radius 1 is 1.24 bits per heavy atom. The summed E-state index contributed by atoms with van der Waals surface area (Å²) in [7, 11) is 0. The van der Waals surface area contributed by atoms with Crippen LogP contribution in [0.25, 0.3) is 11.4 Å². The molecule has 1 aromatic heterocycles. The molecule has 1 unspecified atom stereocenters. The summed E-state index contributed by atoms with van der Waals surface area (Å²) in [5.74, 6) is 1.68. The van der Waals surface area contributed by atoms with Crippen LogP contribution >= 0.6 is 11.6 Å². The molecule has 1 amide bonds. The Morgan fingerprint density at radius 2 is 2.07 bits per heavy atom. The molecule has 0 spiro atoms. The summed E-state index contributed by atoms with van der Waals surface area (Å²) < 4.78 is 11.2. The second-order valence-corrected chi connectivity index (χ2v) is 7.50. The molecule has 150 valence electrons. The minimum absolute atomic E-state index is 0.0191. The van der Waals surface area contributed by atoms with Gasteiger partial charge in [-0.25, -0.2) is 0 Å². The van der Waals surface area contributed by atoms with Crippen LogP contribution in [-0.2, 0) is 4.79 Å². The normalized spacial score (nSPS) is 16.4. The number of hydrogen-bond acceptors (Lipinski definition) is 5. The number of carbonyl (C=O) groups excluding carboxylic acids is 1. The number of amides is 1. The van der Waals surface area contributed by atoms with Crippen LogP contribution in [0.2, 0.25) is 5.02 Å². The van der Waals surface area contributed by atoms with Gasteiger partial charge in [0.2, 0.25) is 17.6 Å². The molecule has 0 saturated carbocycles. The molecule has 2 heterocycles. The lowest BCUT2D eigenvalue weighted by atomic mass is 10.1. The zero-order chi connectivity index (χ0) is 20.2. The van der Waals surface area contributed by atoms with Gasteiger partial charge in [-0.3, -0.25) is 4.79 Å². The van der Waals surface area contributed by atoms with E-state index in [0.717, 1.165) is 29.8 Å². The summed E-state index contributed by atoms with van der Waals surface area (Å²) in [4.78, 5) is 18.7. The Balaban J connectivity index is 1.44. The molecule has 0 N–H and O–H groups in total. The molecule has 3 aromatic rings. The topological polar surface area (TPSA) is 68.5 Å². The van der Waals surface area contributed by atoms with Crippen LogP contribution in [0.3, 0.4) is 0 Å². The largest absolute Gasteiger partial charge is 0.494 e. The first-order valence-corrected chi connectivity index (χ1v) is 10.1. The number of hydrogen-bond donors (Lipinski definition) is 0. The van der Waals surface area contributed by atoms with Crippen molar-refractivity contribution in [1.29, 1.82) is 0 Å². The summed E-state index contributed by atoms with van der Waals surface area (Å²) in [5.41, 5.74) is 1.63. The SMILES string of the molecule is CCCCOc1ccc(-c2noc(C3CC(=O)N(c4cccc(Cl)c4)C3)n2)cc1. The highest BCUT2D eigenvalue weighted by molar-refractivity contribution is 6.30. The van der Waals surface area contributed by atoms with Gasteiger partial charge < -0.3 is 14.2 Å². The smallest absolute Gasteiger partial charge is 0.232 e. The number of halogens is 1. The van der Waals surface area contributed by atoms with Crippen molar-refractivity contribution in [3.05, 3.63) is 59.4 Å². The third kappa shape index (κ3) is 4.43. The van der Waals surface area contributed by atoms with Crippen molar-refractivity contribution in [1.82, 2.24) is 10.1 Å². The van der Waals surface area contributed by atoms with Crippen LogP contribution in [0.15, 0.2) is 53.1 Å². The molecular formula is C22H22ClN3O3. The van der Waals surface area contributed by atoms with E-state index in [-0.39, 0.29) is 11.8 Å². The Kier molecular flexibility index (Phi) is 5.81. The number of benzene rings is 2. The standard InChI is InChI=1S/C22H22ClN3O3/c1-2-3-11-28-19-9-7-15(8-10-19)21-24-22(29-25-21)16-12-20(27)26(14-16)18-6-4-5-17(23)13-18/h4-10,13,16H,2-3,11-12,14H2,1H3. The van der Waals surface area contributed by atoms with Gasteiger partial charge in [0.1, 0.15) is 5.75 Å². The van der Waals surface area contributed by atoms with E-state index in [2.05, 4.69) is 17.1 Å². The molecule has 1 aliphatic heterocycles. The molecule has 4 rings (SSSR count).